The van der Waals surface area contributed by atoms with Crippen LogP contribution in [0.2, 0.25) is 0 Å². The minimum absolute atomic E-state index is 0.0362. The third kappa shape index (κ3) is 5.57. The molecule has 1 aliphatic heterocycles. The molecule has 1 aromatic heterocycles. The van der Waals surface area contributed by atoms with Crippen molar-refractivity contribution in [1.29, 1.82) is 0 Å². The van der Waals surface area contributed by atoms with E-state index in [1.54, 1.807) is 4.90 Å². The first-order valence-corrected chi connectivity index (χ1v) is 10.3. The Morgan fingerprint density at radius 3 is 2.96 bits per heavy atom. The number of nitrogens with one attached hydrogen (secondary N) is 1. The van der Waals surface area contributed by atoms with Gasteiger partial charge in [0.05, 0.1) is 17.4 Å². The van der Waals surface area contributed by atoms with Gasteiger partial charge in [-0.25, -0.2) is 0 Å². The highest BCUT2D eigenvalue weighted by atomic mass is 32.1. The van der Waals surface area contributed by atoms with E-state index >= 15 is 0 Å². The number of carbonyl (C=O) groups is 2. The lowest BCUT2D eigenvalue weighted by molar-refractivity contribution is -0.126. The number of carbonyl (C=O) groups excluding carboxylic acids is 2. The second kappa shape index (κ2) is 9.55. The number of rotatable bonds is 7. The van der Waals surface area contributed by atoms with Gasteiger partial charge in [-0.3, -0.25) is 9.59 Å². The molecule has 0 radical (unpaired) electrons. The summed E-state index contributed by atoms with van der Waals surface area (Å²) in [6.07, 6.45) is 2.45. The maximum atomic E-state index is 12.5. The third-order valence-electron chi connectivity index (χ3n) is 4.69. The van der Waals surface area contributed by atoms with Crippen molar-refractivity contribution in [1.82, 2.24) is 10.2 Å². The van der Waals surface area contributed by atoms with Gasteiger partial charge in [-0.2, -0.15) is 0 Å². The smallest absolute Gasteiger partial charge is 0.263 e. The molecule has 144 valence electrons. The molecule has 3 rings (SSSR count). The predicted molar refractivity (Wildman–Crippen MR) is 107 cm³/mol. The molecule has 2 heterocycles. The van der Waals surface area contributed by atoms with Gasteiger partial charge in [-0.1, -0.05) is 18.2 Å². The summed E-state index contributed by atoms with van der Waals surface area (Å²) in [7, 11) is 0. The molecule has 1 aromatic carbocycles. The van der Waals surface area contributed by atoms with Crippen LogP contribution in [0.1, 0.15) is 34.5 Å². The average molecular weight is 387 g/mol. The molecular formula is C21H26N2O3S. The fourth-order valence-corrected chi connectivity index (χ4v) is 3.95. The zero-order valence-corrected chi connectivity index (χ0v) is 16.5. The fraction of sp³-hybridized carbons (Fsp3) is 0.429. The summed E-state index contributed by atoms with van der Waals surface area (Å²) in [5.41, 5.74) is 1.17. The number of amides is 2. The van der Waals surface area contributed by atoms with E-state index in [1.165, 1.54) is 16.9 Å². The molecule has 5 nitrogen and oxygen atoms in total. The van der Waals surface area contributed by atoms with E-state index in [4.69, 9.17) is 4.74 Å². The van der Waals surface area contributed by atoms with Gasteiger partial charge < -0.3 is 15.0 Å². The van der Waals surface area contributed by atoms with Crippen molar-refractivity contribution in [3.05, 3.63) is 52.2 Å². The van der Waals surface area contributed by atoms with Crippen molar-refractivity contribution in [2.75, 3.05) is 26.2 Å². The van der Waals surface area contributed by atoms with Gasteiger partial charge in [-0.05, 0) is 55.3 Å². The normalized spacial score (nSPS) is 16.8. The van der Waals surface area contributed by atoms with Crippen molar-refractivity contribution < 1.29 is 14.3 Å². The molecule has 0 aliphatic carbocycles. The first-order chi connectivity index (χ1) is 13.1. The molecule has 0 saturated carbocycles. The quantitative estimate of drug-likeness (QED) is 0.741. The van der Waals surface area contributed by atoms with Crippen LogP contribution >= 0.6 is 11.3 Å². The minimum atomic E-state index is -0.125. The van der Waals surface area contributed by atoms with Crippen LogP contribution in [-0.4, -0.2) is 43.0 Å². The molecular weight excluding hydrogens is 360 g/mol. The molecule has 1 unspecified atom stereocenters. The highest BCUT2D eigenvalue weighted by molar-refractivity contribution is 7.12. The van der Waals surface area contributed by atoms with Crippen LogP contribution in [-0.2, 0) is 4.79 Å². The zero-order valence-electron chi connectivity index (χ0n) is 15.6. The maximum absolute atomic E-state index is 12.5. The molecule has 2 amide bonds. The Balaban J connectivity index is 1.38. The van der Waals surface area contributed by atoms with E-state index in [9.17, 15) is 9.59 Å². The fourth-order valence-electron chi connectivity index (χ4n) is 3.25. The molecule has 2 aromatic rings. The Morgan fingerprint density at radius 1 is 1.30 bits per heavy atom. The summed E-state index contributed by atoms with van der Waals surface area (Å²) in [4.78, 5) is 27.5. The largest absolute Gasteiger partial charge is 0.494 e. The highest BCUT2D eigenvalue weighted by Gasteiger charge is 2.28. The summed E-state index contributed by atoms with van der Waals surface area (Å²) in [6, 6.07) is 11.7. The van der Waals surface area contributed by atoms with Crippen molar-refractivity contribution in [2.24, 2.45) is 5.92 Å². The molecule has 0 bridgehead atoms. The predicted octanol–water partition coefficient (Wildman–Crippen LogP) is 3.49. The number of likely N-dealkylation sites (tertiary alicyclic amines) is 1. The van der Waals surface area contributed by atoms with E-state index in [0.29, 0.717) is 19.7 Å². The van der Waals surface area contributed by atoms with Crippen molar-refractivity contribution in [2.45, 2.75) is 26.2 Å². The van der Waals surface area contributed by atoms with E-state index in [-0.39, 0.29) is 17.7 Å². The number of aryl methyl sites for hydroxylation is 1. The Hall–Kier alpha value is -2.34. The Bertz CT molecular complexity index is 761. The summed E-state index contributed by atoms with van der Waals surface area (Å²) in [5.74, 6) is 0.806. The maximum Gasteiger partial charge on any atom is 0.263 e. The zero-order chi connectivity index (χ0) is 19.1. The van der Waals surface area contributed by atoms with Crippen LogP contribution in [0.5, 0.6) is 5.75 Å². The van der Waals surface area contributed by atoms with Gasteiger partial charge in [0, 0.05) is 19.6 Å². The van der Waals surface area contributed by atoms with E-state index in [2.05, 4.69) is 5.32 Å². The number of thiophene rings is 1. The summed E-state index contributed by atoms with van der Waals surface area (Å²) in [5, 5.41) is 4.89. The lowest BCUT2D eigenvalue weighted by Gasteiger charge is -2.31. The monoisotopic (exact) mass is 386 g/mol. The lowest BCUT2D eigenvalue weighted by Crippen LogP contribution is -2.45. The molecule has 1 atom stereocenters. The summed E-state index contributed by atoms with van der Waals surface area (Å²) in [6.45, 7) is 4.41. The summed E-state index contributed by atoms with van der Waals surface area (Å²) < 4.78 is 5.70. The van der Waals surface area contributed by atoms with Crippen molar-refractivity contribution in [3.8, 4) is 5.75 Å². The third-order valence-corrected chi connectivity index (χ3v) is 5.55. The molecule has 1 fully saturated rings. The number of hydrogen-bond donors (Lipinski definition) is 1. The average Bonchev–Trinajstić information content (AvgIpc) is 3.22. The van der Waals surface area contributed by atoms with Gasteiger partial charge in [0.15, 0.2) is 0 Å². The van der Waals surface area contributed by atoms with Crippen LogP contribution in [0.15, 0.2) is 41.8 Å². The molecule has 1 N–H and O–H groups in total. The van der Waals surface area contributed by atoms with Gasteiger partial charge in [0.1, 0.15) is 5.75 Å². The lowest BCUT2D eigenvalue weighted by atomic mass is 9.97. The molecule has 6 heteroatoms. The van der Waals surface area contributed by atoms with E-state index in [0.717, 1.165) is 36.4 Å². The van der Waals surface area contributed by atoms with Crippen LogP contribution < -0.4 is 10.1 Å². The van der Waals surface area contributed by atoms with Crippen molar-refractivity contribution in [3.63, 3.8) is 0 Å². The topological polar surface area (TPSA) is 58.6 Å². The molecule has 0 spiro atoms. The van der Waals surface area contributed by atoms with Gasteiger partial charge in [0.2, 0.25) is 5.91 Å². The number of nitrogens with zero attached hydrogens (tertiary/aromatic N) is 1. The second-order valence-electron chi connectivity index (χ2n) is 6.88. The Labute approximate surface area is 164 Å². The minimum Gasteiger partial charge on any atom is -0.494 e. The van der Waals surface area contributed by atoms with E-state index < -0.39 is 0 Å². The van der Waals surface area contributed by atoms with E-state index in [1.807, 2.05) is 48.7 Å². The van der Waals surface area contributed by atoms with Gasteiger partial charge >= 0.3 is 0 Å². The number of benzene rings is 1. The van der Waals surface area contributed by atoms with Crippen molar-refractivity contribution >= 4 is 23.2 Å². The van der Waals surface area contributed by atoms with Gasteiger partial charge in [0.25, 0.3) is 5.91 Å². The molecule has 27 heavy (non-hydrogen) atoms. The van der Waals surface area contributed by atoms with Crippen LogP contribution in [0, 0.1) is 12.8 Å². The first-order valence-electron chi connectivity index (χ1n) is 9.43. The first kappa shape index (κ1) is 19.4. The van der Waals surface area contributed by atoms with Crippen LogP contribution in [0.25, 0.3) is 0 Å². The van der Waals surface area contributed by atoms with Gasteiger partial charge in [-0.15, -0.1) is 11.3 Å². The SMILES string of the molecule is Cc1cccc(OCCCNC(=O)C2CCCN(C(=O)c3cccs3)C2)c1. The number of hydrogen-bond acceptors (Lipinski definition) is 4. The van der Waals surface area contributed by atoms with Crippen LogP contribution in [0.3, 0.4) is 0 Å². The van der Waals surface area contributed by atoms with Crippen LogP contribution in [0.4, 0.5) is 0 Å². The second-order valence-corrected chi connectivity index (χ2v) is 7.82. The Morgan fingerprint density at radius 2 is 2.19 bits per heavy atom. The highest BCUT2D eigenvalue weighted by Crippen LogP contribution is 2.20. The number of ether oxygens (including phenoxy) is 1. The number of piperidine rings is 1. The summed E-state index contributed by atoms with van der Waals surface area (Å²) >= 11 is 1.45. The molecule has 1 aliphatic rings. The standard InChI is InChI=1S/C21H26N2O3S/c1-16-6-2-8-18(14-16)26-12-5-10-22-20(24)17-7-3-11-23(15-17)21(25)19-9-4-13-27-19/h2,4,6,8-9,13-14,17H,3,5,7,10-12,15H2,1H3,(H,22,24). The Kier molecular flexibility index (Phi) is 6.87. The molecule has 1 saturated heterocycles.